The second-order valence-electron chi connectivity index (χ2n) is 3.70. The van der Waals surface area contributed by atoms with Gasteiger partial charge in [0, 0.05) is 25.6 Å². The lowest BCUT2D eigenvalue weighted by atomic mass is 9.91. The van der Waals surface area contributed by atoms with Crippen molar-refractivity contribution in [1.82, 2.24) is 5.32 Å². The van der Waals surface area contributed by atoms with E-state index in [1.165, 1.54) is 5.56 Å². The molecule has 0 spiro atoms. The Labute approximate surface area is 85.3 Å². The molecule has 0 aromatic heterocycles. The van der Waals surface area contributed by atoms with Crippen molar-refractivity contribution in [3.8, 4) is 0 Å². The van der Waals surface area contributed by atoms with Crippen molar-refractivity contribution in [2.75, 3.05) is 19.7 Å². The van der Waals surface area contributed by atoms with Crippen LogP contribution in [0.15, 0.2) is 30.3 Å². The standard InChI is InChI=1S/C12H17NO/c1-2-14-12(11-8-13-9-11)10-6-4-3-5-7-10/h3-7,11-13H,2,8-9H2,1H3/t12-/m0/s1. The van der Waals surface area contributed by atoms with Crippen LogP contribution in [0.2, 0.25) is 0 Å². The molecule has 0 radical (unpaired) electrons. The number of ether oxygens (including phenoxy) is 1. The fraction of sp³-hybridized carbons (Fsp3) is 0.500. The van der Waals surface area contributed by atoms with Crippen LogP contribution in [0.5, 0.6) is 0 Å². The van der Waals surface area contributed by atoms with Crippen molar-refractivity contribution in [3.63, 3.8) is 0 Å². The molecular formula is C12H17NO. The lowest BCUT2D eigenvalue weighted by Crippen LogP contribution is -2.45. The maximum absolute atomic E-state index is 5.79. The summed E-state index contributed by atoms with van der Waals surface area (Å²) in [7, 11) is 0. The average Bonchev–Trinajstić information content (AvgIpc) is 2.16. The van der Waals surface area contributed by atoms with Gasteiger partial charge in [0.2, 0.25) is 0 Å². The van der Waals surface area contributed by atoms with E-state index in [-0.39, 0.29) is 6.10 Å². The summed E-state index contributed by atoms with van der Waals surface area (Å²) in [5.74, 6) is 0.650. The molecule has 14 heavy (non-hydrogen) atoms. The van der Waals surface area contributed by atoms with Crippen molar-refractivity contribution in [2.24, 2.45) is 5.92 Å². The minimum atomic E-state index is 0.280. The Hall–Kier alpha value is -0.860. The van der Waals surface area contributed by atoms with Crippen LogP contribution in [-0.2, 0) is 4.74 Å². The highest BCUT2D eigenvalue weighted by Crippen LogP contribution is 2.28. The van der Waals surface area contributed by atoms with Gasteiger partial charge in [-0.05, 0) is 12.5 Å². The summed E-state index contributed by atoms with van der Waals surface area (Å²) in [5, 5.41) is 3.29. The van der Waals surface area contributed by atoms with Gasteiger partial charge in [-0.2, -0.15) is 0 Å². The minimum Gasteiger partial charge on any atom is -0.373 e. The van der Waals surface area contributed by atoms with Crippen molar-refractivity contribution < 1.29 is 4.74 Å². The smallest absolute Gasteiger partial charge is 0.0877 e. The largest absolute Gasteiger partial charge is 0.373 e. The Balaban J connectivity index is 2.09. The van der Waals surface area contributed by atoms with Crippen molar-refractivity contribution in [3.05, 3.63) is 35.9 Å². The second kappa shape index (κ2) is 4.58. The van der Waals surface area contributed by atoms with Crippen LogP contribution >= 0.6 is 0 Å². The number of benzene rings is 1. The topological polar surface area (TPSA) is 21.3 Å². The zero-order chi connectivity index (χ0) is 9.80. The Morgan fingerprint density at radius 1 is 1.36 bits per heavy atom. The highest BCUT2D eigenvalue weighted by molar-refractivity contribution is 5.19. The van der Waals surface area contributed by atoms with Crippen LogP contribution in [0.25, 0.3) is 0 Å². The van der Waals surface area contributed by atoms with Gasteiger partial charge in [0.15, 0.2) is 0 Å². The highest BCUT2D eigenvalue weighted by atomic mass is 16.5. The van der Waals surface area contributed by atoms with Gasteiger partial charge < -0.3 is 10.1 Å². The van der Waals surface area contributed by atoms with E-state index in [1.807, 2.05) is 6.07 Å². The van der Waals surface area contributed by atoms with Gasteiger partial charge in [-0.3, -0.25) is 0 Å². The quantitative estimate of drug-likeness (QED) is 0.785. The molecule has 1 aromatic carbocycles. The molecule has 2 heteroatoms. The molecule has 0 bridgehead atoms. The summed E-state index contributed by atoms with van der Waals surface area (Å²) in [5.41, 5.74) is 1.31. The lowest BCUT2D eigenvalue weighted by molar-refractivity contribution is 0.000435. The second-order valence-corrected chi connectivity index (χ2v) is 3.70. The molecular weight excluding hydrogens is 174 g/mol. The first-order valence-corrected chi connectivity index (χ1v) is 5.29. The third-order valence-corrected chi connectivity index (χ3v) is 2.72. The van der Waals surface area contributed by atoms with Crippen molar-refractivity contribution in [2.45, 2.75) is 13.0 Å². The van der Waals surface area contributed by atoms with Gasteiger partial charge in [0.25, 0.3) is 0 Å². The van der Waals surface area contributed by atoms with Gasteiger partial charge in [-0.15, -0.1) is 0 Å². The molecule has 2 rings (SSSR count). The van der Waals surface area contributed by atoms with E-state index in [9.17, 15) is 0 Å². The SMILES string of the molecule is CCO[C@@H](c1ccccc1)C1CNC1. The predicted molar refractivity (Wildman–Crippen MR) is 57.2 cm³/mol. The third-order valence-electron chi connectivity index (χ3n) is 2.72. The van der Waals surface area contributed by atoms with E-state index in [4.69, 9.17) is 4.74 Å². The number of rotatable bonds is 4. The molecule has 76 valence electrons. The number of hydrogen-bond donors (Lipinski definition) is 1. The normalized spacial score (nSPS) is 18.9. The van der Waals surface area contributed by atoms with E-state index < -0.39 is 0 Å². The fourth-order valence-corrected chi connectivity index (χ4v) is 1.85. The Bertz CT molecular complexity index is 269. The summed E-state index contributed by atoms with van der Waals surface area (Å²) < 4.78 is 5.79. The molecule has 0 unspecified atom stereocenters. The first-order chi connectivity index (χ1) is 6.92. The van der Waals surface area contributed by atoms with Gasteiger partial charge in [0.05, 0.1) is 6.10 Å². The number of nitrogens with one attached hydrogen (secondary N) is 1. The van der Waals surface area contributed by atoms with E-state index in [1.54, 1.807) is 0 Å². The molecule has 1 saturated heterocycles. The molecule has 1 aliphatic rings. The van der Waals surface area contributed by atoms with Crippen LogP contribution in [0.4, 0.5) is 0 Å². The Morgan fingerprint density at radius 3 is 2.57 bits per heavy atom. The average molecular weight is 191 g/mol. The minimum absolute atomic E-state index is 0.280. The maximum Gasteiger partial charge on any atom is 0.0877 e. The molecule has 1 aliphatic heterocycles. The summed E-state index contributed by atoms with van der Waals surface area (Å²) in [6, 6.07) is 10.5. The first kappa shape index (κ1) is 9.69. The molecule has 0 saturated carbocycles. The first-order valence-electron chi connectivity index (χ1n) is 5.29. The predicted octanol–water partition coefficient (Wildman–Crippen LogP) is 1.98. The van der Waals surface area contributed by atoms with Crippen LogP contribution in [0.1, 0.15) is 18.6 Å². The summed E-state index contributed by atoms with van der Waals surface area (Å²) in [6.45, 7) is 5.01. The molecule has 1 heterocycles. The Kier molecular flexibility index (Phi) is 3.17. The van der Waals surface area contributed by atoms with E-state index >= 15 is 0 Å². The van der Waals surface area contributed by atoms with Crippen LogP contribution in [0.3, 0.4) is 0 Å². The monoisotopic (exact) mass is 191 g/mol. The Morgan fingerprint density at radius 2 is 2.07 bits per heavy atom. The van der Waals surface area contributed by atoms with E-state index in [0.717, 1.165) is 19.7 Å². The maximum atomic E-state index is 5.79. The third kappa shape index (κ3) is 1.97. The van der Waals surface area contributed by atoms with Crippen LogP contribution in [0, 0.1) is 5.92 Å². The fourth-order valence-electron chi connectivity index (χ4n) is 1.85. The molecule has 0 amide bonds. The van der Waals surface area contributed by atoms with Gasteiger partial charge in [0.1, 0.15) is 0 Å². The molecule has 1 atom stereocenters. The van der Waals surface area contributed by atoms with Crippen LogP contribution < -0.4 is 5.32 Å². The highest BCUT2D eigenvalue weighted by Gasteiger charge is 2.28. The lowest BCUT2D eigenvalue weighted by Gasteiger charge is -2.34. The van der Waals surface area contributed by atoms with Crippen molar-refractivity contribution in [1.29, 1.82) is 0 Å². The molecule has 1 aromatic rings. The van der Waals surface area contributed by atoms with Gasteiger partial charge >= 0.3 is 0 Å². The van der Waals surface area contributed by atoms with E-state index in [2.05, 4.69) is 36.5 Å². The molecule has 1 fully saturated rings. The molecule has 0 aliphatic carbocycles. The summed E-state index contributed by atoms with van der Waals surface area (Å²) in [6.07, 6.45) is 0.280. The number of hydrogen-bond acceptors (Lipinski definition) is 2. The summed E-state index contributed by atoms with van der Waals surface area (Å²) >= 11 is 0. The molecule has 1 N–H and O–H groups in total. The van der Waals surface area contributed by atoms with Gasteiger partial charge in [-0.25, -0.2) is 0 Å². The molecule has 2 nitrogen and oxygen atoms in total. The zero-order valence-electron chi connectivity index (χ0n) is 8.57. The zero-order valence-corrected chi connectivity index (χ0v) is 8.57. The van der Waals surface area contributed by atoms with Crippen molar-refractivity contribution >= 4 is 0 Å². The van der Waals surface area contributed by atoms with E-state index in [0.29, 0.717) is 5.92 Å². The van der Waals surface area contributed by atoms with Crippen LogP contribution in [-0.4, -0.2) is 19.7 Å². The summed E-state index contributed by atoms with van der Waals surface area (Å²) in [4.78, 5) is 0. The van der Waals surface area contributed by atoms with Gasteiger partial charge in [-0.1, -0.05) is 30.3 Å².